The summed E-state index contributed by atoms with van der Waals surface area (Å²) in [5.41, 5.74) is 0. The third kappa shape index (κ3) is 10.3. The summed E-state index contributed by atoms with van der Waals surface area (Å²) in [6.45, 7) is 2.94. The van der Waals surface area contributed by atoms with Crippen LogP contribution in [0.25, 0.3) is 0 Å². The monoisotopic (exact) mass is 350 g/mol. The number of nitrogens with one attached hydrogen (secondary N) is 3. The first kappa shape index (κ1) is 20.6. The molecule has 0 bridgehead atoms. The molecule has 1 aliphatic carbocycles. The van der Waals surface area contributed by atoms with E-state index in [1.165, 1.54) is 19.3 Å². The highest BCUT2D eigenvalue weighted by atomic mass is 19.4. The highest BCUT2D eigenvalue weighted by molar-refractivity contribution is 5.80. The second kappa shape index (κ2) is 11.1. The van der Waals surface area contributed by atoms with Gasteiger partial charge in [-0.15, -0.1) is 0 Å². The highest BCUT2D eigenvalue weighted by Gasteiger charge is 2.26. The Balaban J connectivity index is 2.19. The maximum Gasteiger partial charge on any atom is 0.390 e. The molecule has 0 aromatic heterocycles. The molecule has 24 heavy (non-hydrogen) atoms. The molecule has 0 atom stereocenters. The Morgan fingerprint density at radius 2 is 1.75 bits per heavy atom. The topological polar surface area (TPSA) is 65.5 Å². The van der Waals surface area contributed by atoms with Crippen molar-refractivity contribution in [2.45, 2.75) is 58.0 Å². The number of hydrogen-bond acceptors (Lipinski definition) is 2. The quantitative estimate of drug-likeness (QED) is 0.358. The van der Waals surface area contributed by atoms with Crippen LogP contribution in [-0.2, 0) is 4.79 Å². The average Bonchev–Trinajstić information content (AvgIpc) is 2.51. The van der Waals surface area contributed by atoms with Crippen LogP contribution in [0.5, 0.6) is 0 Å². The van der Waals surface area contributed by atoms with Crippen molar-refractivity contribution in [2.24, 2.45) is 10.9 Å². The number of aliphatic imine (C=N–C) groups is 1. The van der Waals surface area contributed by atoms with Gasteiger partial charge in [0.2, 0.25) is 5.91 Å². The minimum absolute atomic E-state index is 0.0442. The Morgan fingerprint density at radius 3 is 2.38 bits per heavy atom. The van der Waals surface area contributed by atoms with Gasteiger partial charge in [0.25, 0.3) is 0 Å². The van der Waals surface area contributed by atoms with Gasteiger partial charge in [0.15, 0.2) is 5.96 Å². The lowest BCUT2D eigenvalue weighted by molar-refractivity contribution is -0.132. The minimum atomic E-state index is -4.20. The third-order valence-electron chi connectivity index (χ3n) is 3.95. The van der Waals surface area contributed by atoms with E-state index >= 15 is 0 Å². The van der Waals surface area contributed by atoms with E-state index in [2.05, 4.69) is 20.9 Å². The van der Waals surface area contributed by atoms with Crippen molar-refractivity contribution in [3.8, 4) is 0 Å². The van der Waals surface area contributed by atoms with Crippen molar-refractivity contribution in [1.82, 2.24) is 16.0 Å². The van der Waals surface area contributed by atoms with E-state index in [1.807, 2.05) is 6.92 Å². The zero-order valence-electron chi connectivity index (χ0n) is 14.3. The molecule has 0 aromatic rings. The van der Waals surface area contributed by atoms with Gasteiger partial charge in [0.1, 0.15) is 0 Å². The lowest BCUT2D eigenvalue weighted by atomic mass is 9.87. The molecule has 1 aliphatic rings. The summed E-state index contributed by atoms with van der Waals surface area (Å²) in [5, 5.41) is 8.65. The van der Waals surface area contributed by atoms with Crippen LogP contribution in [-0.4, -0.2) is 44.2 Å². The number of carbonyl (C=O) groups is 1. The first-order valence-electron chi connectivity index (χ1n) is 8.76. The van der Waals surface area contributed by atoms with Gasteiger partial charge in [-0.25, -0.2) is 0 Å². The van der Waals surface area contributed by atoms with Crippen molar-refractivity contribution in [3.63, 3.8) is 0 Å². The molecular formula is C16H29F3N4O. The van der Waals surface area contributed by atoms with Crippen LogP contribution in [0.3, 0.4) is 0 Å². The fourth-order valence-corrected chi connectivity index (χ4v) is 2.74. The molecular weight excluding hydrogens is 321 g/mol. The molecule has 8 heteroatoms. The van der Waals surface area contributed by atoms with Gasteiger partial charge >= 0.3 is 6.18 Å². The number of carbonyl (C=O) groups excluding carboxylic acids is 1. The molecule has 140 valence electrons. The average molecular weight is 350 g/mol. The molecule has 0 radical (unpaired) electrons. The molecule has 0 spiro atoms. The summed E-state index contributed by atoms with van der Waals surface area (Å²) in [4.78, 5) is 15.7. The Kier molecular flexibility index (Phi) is 9.56. The second-order valence-electron chi connectivity index (χ2n) is 6.11. The number of rotatable bonds is 8. The molecule has 1 fully saturated rings. The predicted molar refractivity (Wildman–Crippen MR) is 88.9 cm³/mol. The van der Waals surface area contributed by atoms with E-state index in [0.29, 0.717) is 37.9 Å². The van der Waals surface area contributed by atoms with Gasteiger partial charge in [-0.1, -0.05) is 19.3 Å². The third-order valence-corrected chi connectivity index (χ3v) is 3.95. The van der Waals surface area contributed by atoms with Gasteiger partial charge in [-0.3, -0.25) is 9.79 Å². The molecule has 0 aliphatic heterocycles. The molecule has 1 rings (SSSR count). The zero-order chi connectivity index (χ0) is 17.8. The molecule has 5 nitrogen and oxygen atoms in total. The van der Waals surface area contributed by atoms with Crippen LogP contribution in [0.15, 0.2) is 4.99 Å². The summed E-state index contributed by atoms with van der Waals surface area (Å²) >= 11 is 0. The van der Waals surface area contributed by atoms with E-state index in [0.717, 1.165) is 12.8 Å². The van der Waals surface area contributed by atoms with E-state index in [-0.39, 0.29) is 12.5 Å². The molecule has 0 aromatic carbocycles. The Labute approximate surface area is 141 Å². The van der Waals surface area contributed by atoms with Crippen LogP contribution in [0.1, 0.15) is 51.9 Å². The summed E-state index contributed by atoms with van der Waals surface area (Å²) in [7, 11) is 0. The fraction of sp³-hybridized carbons (Fsp3) is 0.875. The maximum atomic E-state index is 12.1. The van der Waals surface area contributed by atoms with Crippen LogP contribution in [0.2, 0.25) is 0 Å². The Morgan fingerprint density at radius 1 is 1.08 bits per heavy atom. The molecule has 3 N–H and O–H groups in total. The summed E-state index contributed by atoms with van der Waals surface area (Å²) in [6.07, 6.45) is 1.36. The maximum absolute atomic E-state index is 12.1. The first-order chi connectivity index (χ1) is 11.4. The van der Waals surface area contributed by atoms with Crippen molar-refractivity contribution in [3.05, 3.63) is 0 Å². The van der Waals surface area contributed by atoms with Crippen molar-refractivity contribution in [2.75, 3.05) is 26.2 Å². The largest absolute Gasteiger partial charge is 0.390 e. The predicted octanol–water partition coefficient (Wildman–Crippen LogP) is 2.58. The summed E-state index contributed by atoms with van der Waals surface area (Å²) < 4.78 is 36.4. The van der Waals surface area contributed by atoms with Crippen LogP contribution in [0, 0.1) is 5.92 Å². The number of guanidine groups is 1. The number of alkyl halides is 3. The van der Waals surface area contributed by atoms with Crippen molar-refractivity contribution < 1.29 is 18.0 Å². The fourth-order valence-electron chi connectivity index (χ4n) is 2.74. The smallest absolute Gasteiger partial charge is 0.357 e. The van der Waals surface area contributed by atoms with Gasteiger partial charge in [0, 0.05) is 26.1 Å². The SMILES string of the molecule is CCNC(=NCCC(F)(F)F)NCCNC(=O)CC1CCCCC1. The standard InChI is InChI=1S/C16H29F3N4O/c1-2-20-15(22-9-8-16(17,18)19)23-11-10-21-14(24)12-13-6-4-3-5-7-13/h13H,2-12H2,1H3,(H,21,24)(H2,20,22,23). The molecule has 1 amide bonds. The van der Waals surface area contributed by atoms with E-state index in [4.69, 9.17) is 0 Å². The molecule has 1 saturated carbocycles. The lowest BCUT2D eigenvalue weighted by Crippen LogP contribution is -2.42. The number of nitrogens with zero attached hydrogens (tertiary/aromatic N) is 1. The number of halogens is 3. The minimum Gasteiger partial charge on any atom is -0.357 e. The summed E-state index contributed by atoms with van der Waals surface area (Å²) in [6, 6.07) is 0. The van der Waals surface area contributed by atoms with Crippen molar-refractivity contribution in [1.29, 1.82) is 0 Å². The first-order valence-corrected chi connectivity index (χ1v) is 8.76. The lowest BCUT2D eigenvalue weighted by Gasteiger charge is -2.20. The molecule has 0 saturated heterocycles. The van der Waals surface area contributed by atoms with Crippen LogP contribution in [0.4, 0.5) is 13.2 Å². The van der Waals surface area contributed by atoms with Gasteiger partial charge in [0.05, 0.1) is 13.0 Å². The van der Waals surface area contributed by atoms with Gasteiger partial charge < -0.3 is 16.0 Å². The van der Waals surface area contributed by atoms with E-state index in [1.54, 1.807) is 0 Å². The van der Waals surface area contributed by atoms with Gasteiger partial charge in [-0.05, 0) is 25.7 Å². The molecule has 0 unspecified atom stereocenters. The van der Waals surface area contributed by atoms with Crippen molar-refractivity contribution >= 4 is 11.9 Å². The Hall–Kier alpha value is -1.47. The number of hydrogen-bond donors (Lipinski definition) is 3. The summed E-state index contributed by atoms with van der Waals surface area (Å²) in [5.74, 6) is 0.874. The highest BCUT2D eigenvalue weighted by Crippen LogP contribution is 2.25. The normalized spacial score (nSPS) is 16.8. The second-order valence-corrected chi connectivity index (χ2v) is 6.11. The van der Waals surface area contributed by atoms with Gasteiger partial charge in [-0.2, -0.15) is 13.2 Å². The Bertz CT molecular complexity index is 393. The van der Waals surface area contributed by atoms with Crippen LogP contribution >= 0.6 is 0 Å². The molecule has 0 heterocycles. The zero-order valence-corrected chi connectivity index (χ0v) is 14.3. The van der Waals surface area contributed by atoms with E-state index < -0.39 is 12.6 Å². The van der Waals surface area contributed by atoms with E-state index in [9.17, 15) is 18.0 Å². The number of amides is 1. The van der Waals surface area contributed by atoms with Crippen LogP contribution < -0.4 is 16.0 Å².